The molecule has 2 heteroatoms. The predicted octanol–water partition coefficient (Wildman–Crippen LogP) is 0.346. The van der Waals surface area contributed by atoms with E-state index in [2.05, 4.69) is 24.5 Å². The fourth-order valence-corrected chi connectivity index (χ4v) is 1.33. The number of hydrogen-bond acceptors (Lipinski definition) is 2. The lowest BCUT2D eigenvalue weighted by Crippen LogP contribution is -2.26. The molecule has 0 aromatic carbocycles. The van der Waals surface area contributed by atoms with Crippen LogP contribution in [0.25, 0.3) is 0 Å². The molecule has 0 radical (unpaired) electrons. The normalized spacial score (nSPS) is 38.0. The molecule has 2 unspecified atom stereocenters. The van der Waals surface area contributed by atoms with Crippen molar-refractivity contribution in [1.29, 1.82) is 0 Å². The molecule has 1 aliphatic heterocycles. The van der Waals surface area contributed by atoms with Crippen molar-refractivity contribution in [3.8, 4) is 0 Å². The molecule has 0 aromatic rings. The van der Waals surface area contributed by atoms with Crippen LogP contribution in [0.3, 0.4) is 0 Å². The van der Waals surface area contributed by atoms with E-state index >= 15 is 0 Å². The number of nitrogens with one attached hydrogen (secondary N) is 2. The Balaban J connectivity index is 2.29. The van der Waals surface area contributed by atoms with E-state index in [1.807, 2.05) is 0 Å². The van der Waals surface area contributed by atoms with Gasteiger partial charge in [-0.3, -0.25) is 0 Å². The fourth-order valence-electron chi connectivity index (χ4n) is 1.33. The van der Waals surface area contributed by atoms with Gasteiger partial charge in [0.2, 0.25) is 0 Å². The van der Waals surface area contributed by atoms with Crippen molar-refractivity contribution in [3.05, 3.63) is 0 Å². The molecule has 2 atom stereocenters. The van der Waals surface area contributed by atoms with E-state index in [-0.39, 0.29) is 0 Å². The van der Waals surface area contributed by atoms with Gasteiger partial charge in [0.25, 0.3) is 0 Å². The molecule has 0 spiro atoms. The van der Waals surface area contributed by atoms with Crippen LogP contribution in [0.1, 0.15) is 20.3 Å². The van der Waals surface area contributed by atoms with Gasteiger partial charge in [-0.05, 0) is 20.3 Å². The zero-order chi connectivity index (χ0) is 6.69. The minimum Gasteiger partial charge on any atom is -0.313 e. The smallest absolute Gasteiger partial charge is 0.00793 e. The summed E-state index contributed by atoms with van der Waals surface area (Å²) >= 11 is 0. The monoisotopic (exact) mass is 128 g/mol. The Labute approximate surface area is 57.0 Å². The molecule has 0 aliphatic carbocycles. The van der Waals surface area contributed by atoms with E-state index in [1.54, 1.807) is 0 Å². The summed E-state index contributed by atoms with van der Waals surface area (Å²) in [5, 5.41) is 6.82. The second-order valence-corrected chi connectivity index (χ2v) is 2.95. The standard InChI is InChI=1S/C7H16N2/c1-6-5-7(2)9-4-3-8-6/h6-9H,3-5H2,1-2H3. The highest BCUT2D eigenvalue weighted by Crippen LogP contribution is 1.98. The summed E-state index contributed by atoms with van der Waals surface area (Å²) in [4.78, 5) is 0. The Morgan fingerprint density at radius 3 is 1.89 bits per heavy atom. The van der Waals surface area contributed by atoms with Crippen LogP contribution >= 0.6 is 0 Å². The highest BCUT2D eigenvalue weighted by Gasteiger charge is 2.10. The summed E-state index contributed by atoms with van der Waals surface area (Å²) in [6.07, 6.45) is 1.25. The maximum atomic E-state index is 3.41. The maximum Gasteiger partial charge on any atom is 0.00793 e. The largest absolute Gasteiger partial charge is 0.313 e. The average Bonchev–Trinajstić information content (AvgIpc) is 1.93. The molecule has 1 rings (SSSR count). The SMILES string of the molecule is CC1CC(C)NCCN1. The minimum atomic E-state index is 0.690. The summed E-state index contributed by atoms with van der Waals surface area (Å²) in [6.45, 7) is 6.71. The van der Waals surface area contributed by atoms with Crippen molar-refractivity contribution in [2.75, 3.05) is 13.1 Å². The Kier molecular flexibility index (Phi) is 2.49. The summed E-state index contributed by atoms with van der Waals surface area (Å²) in [5.74, 6) is 0. The van der Waals surface area contributed by atoms with Crippen LogP contribution in [0.5, 0.6) is 0 Å². The van der Waals surface area contributed by atoms with E-state index < -0.39 is 0 Å². The van der Waals surface area contributed by atoms with Crippen LogP contribution in [0, 0.1) is 0 Å². The molecule has 9 heavy (non-hydrogen) atoms. The van der Waals surface area contributed by atoms with Gasteiger partial charge >= 0.3 is 0 Å². The number of rotatable bonds is 0. The van der Waals surface area contributed by atoms with E-state index in [1.165, 1.54) is 6.42 Å². The molecule has 0 saturated carbocycles. The first kappa shape index (κ1) is 7.03. The van der Waals surface area contributed by atoms with Crippen LogP contribution in [-0.2, 0) is 0 Å². The highest BCUT2D eigenvalue weighted by molar-refractivity contribution is 4.74. The zero-order valence-corrected chi connectivity index (χ0v) is 6.28. The third-order valence-electron chi connectivity index (χ3n) is 1.82. The second kappa shape index (κ2) is 3.18. The van der Waals surface area contributed by atoms with Crippen molar-refractivity contribution in [1.82, 2.24) is 10.6 Å². The van der Waals surface area contributed by atoms with Gasteiger partial charge in [0.15, 0.2) is 0 Å². The molecule has 0 bridgehead atoms. The van der Waals surface area contributed by atoms with Crippen molar-refractivity contribution < 1.29 is 0 Å². The van der Waals surface area contributed by atoms with E-state index in [0.29, 0.717) is 12.1 Å². The van der Waals surface area contributed by atoms with Gasteiger partial charge in [-0.15, -0.1) is 0 Å². The Bertz CT molecular complexity index is 73.0. The lowest BCUT2D eigenvalue weighted by molar-refractivity contribution is 0.502. The summed E-state index contributed by atoms with van der Waals surface area (Å²) in [7, 11) is 0. The van der Waals surface area contributed by atoms with Gasteiger partial charge < -0.3 is 10.6 Å². The zero-order valence-electron chi connectivity index (χ0n) is 6.28. The minimum absolute atomic E-state index is 0.690. The summed E-state index contributed by atoms with van der Waals surface area (Å²) in [5.41, 5.74) is 0. The maximum absolute atomic E-state index is 3.41. The van der Waals surface area contributed by atoms with E-state index in [9.17, 15) is 0 Å². The molecule has 0 aromatic heterocycles. The Morgan fingerprint density at radius 1 is 1.00 bits per heavy atom. The fraction of sp³-hybridized carbons (Fsp3) is 1.00. The first-order chi connectivity index (χ1) is 4.29. The van der Waals surface area contributed by atoms with Gasteiger partial charge in [-0.25, -0.2) is 0 Å². The predicted molar refractivity (Wildman–Crippen MR) is 39.5 cm³/mol. The molecule has 2 N–H and O–H groups in total. The van der Waals surface area contributed by atoms with Gasteiger partial charge in [0.1, 0.15) is 0 Å². The molecule has 2 nitrogen and oxygen atoms in total. The van der Waals surface area contributed by atoms with Crippen molar-refractivity contribution in [2.45, 2.75) is 32.4 Å². The van der Waals surface area contributed by atoms with Crippen LogP contribution in [0.15, 0.2) is 0 Å². The lowest BCUT2D eigenvalue weighted by atomic mass is 10.1. The molecular weight excluding hydrogens is 112 g/mol. The number of hydrogen-bond donors (Lipinski definition) is 2. The third-order valence-corrected chi connectivity index (χ3v) is 1.82. The van der Waals surface area contributed by atoms with Gasteiger partial charge in [-0.1, -0.05) is 0 Å². The average molecular weight is 128 g/mol. The molecule has 54 valence electrons. The van der Waals surface area contributed by atoms with E-state index in [0.717, 1.165) is 13.1 Å². The molecule has 1 fully saturated rings. The molecular formula is C7H16N2. The van der Waals surface area contributed by atoms with E-state index in [4.69, 9.17) is 0 Å². The lowest BCUT2D eigenvalue weighted by Gasteiger charge is -2.11. The summed E-state index contributed by atoms with van der Waals surface area (Å²) in [6, 6.07) is 1.38. The molecule has 1 saturated heterocycles. The quantitative estimate of drug-likeness (QED) is 0.492. The molecule has 1 heterocycles. The first-order valence-corrected chi connectivity index (χ1v) is 3.76. The summed E-state index contributed by atoms with van der Waals surface area (Å²) < 4.78 is 0. The van der Waals surface area contributed by atoms with Crippen molar-refractivity contribution in [3.63, 3.8) is 0 Å². The Hall–Kier alpha value is -0.0800. The van der Waals surface area contributed by atoms with Crippen LogP contribution in [0.2, 0.25) is 0 Å². The Morgan fingerprint density at radius 2 is 1.44 bits per heavy atom. The van der Waals surface area contributed by atoms with Crippen LogP contribution in [0.4, 0.5) is 0 Å². The first-order valence-electron chi connectivity index (χ1n) is 3.76. The van der Waals surface area contributed by atoms with Gasteiger partial charge in [0, 0.05) is 25.2 Å². The third kappa shape index (κ3) is 2.33. The van der Waals surface area contributed by atoms with Gasteiger partial charge in [0.05, 0.1) is 0 Å². The second-order valence-electron chi connectivity index (χ2n) is 2.95. The van der Waals surface area contributed by atoms with Crippen LogP contribution < -0.4 is 10.6 Å². The van der Waals surface area contributed by atoms with Crippen LogP contribution in [-0.4, -0.2) is 25.2 Å². The topological polar surface area (TPSA) is 24.1 Å². The molecule has 1 aliphatic rings. The van der Waals surface area contributed by atoms with Crippen molar-refractivity contribution in [2.24, 2.45) is 0 Å². The molecule has 0 amide bonds. The van der Waals surface area contributed by atoms with Gasteiger partial charge in [-0.2, -0.15) is 0 Å². The highest BCUT2D eigenvalue weighted by atomic mass is 15.0. The van der Waals surface area contributed by atoms with Crippen molar-refractivity contribution >= 4 is 0 Å².